The summed E-state index contributed by atoms with van der Waals surface area (Å²) in [7, 11) is 0. The molecule has 32 heavy (non-hydrogen) atoms. The minimum Gasteiger partial charge on any atom is -0.396 e. The monoisotopic (exact) mass is 442 g/mol. The van der Waals surface area contributed by atoms with Crippen LogP contribution in [0.25, 0.3) is 0 Å². The fraction of sp³-hybridized carbons (Fsp3) is 0.933. The summed E-state index contributed by atoms with van der Waals surface area (Å²) >= 11 is 0. The fourth-order valence-electron chi connectivity index (χ4n) is 10.5. The van der Waals surface area contributed by atoms with Crippen LogP contribution in [0.1, 0.15) is 119 Å². The van der Waals surface area contributed by atoms with Crippen molar-refractivity contribution in [1.82, 2.24) is 0 Å². The largest absolute Gasteiger partial charge is 0.396 e. The first kappa shape index (κ1) is 23.4. The van der Waals surface area contributed by atoms with Crippen LogP contribution in [0.4, 0.5) is 0 Å². The number of allylic oxidation sites excluding steroid dienone is 2. The number of aliphatic hydroxyl groups excluding tert-OH is 2. The Hall–Kier alpha value is -0.340. The van der Waals surface area contributed by atoms with Crippen molar-refractivity contribution in [3.63, 3.8) is 0 Å². The van der Waals surface area contributed by atoms with Gasteiger partial charge in [-0.05, 0) is 115 Å². The highest BCUT2D eigenvalue weighted by Gasteiger charge is 2.66. The van der Waals surface area contributed by atoms with Crippen LogP contribution in [-0.4, -0.2) is 22.9 Å². The van der Waals surface area contributed by atoms with Gasteiger partial charge < -0.3 is 10.2 Å². The van der Waals surface area contributed by atoms with Gasteiger partial charge in [0.1, 0.15) is 0 Å². The highest BCUT2D eigenvalue weighted by molar-refractivity contribution is 5.38. The van der Waals surface area contributed by atoms with Crippen molar-refractivity contribution in [2.24, 2.45) is 44.3 Å². The molecule has 8 unspecified atom stereocenters. The molecular weight excluding hydrogens is 392 g/mol. The lowest BCUT2D eigenvalue weighted by Gasteiger charge is -2.69. The molecule has 2 heteroatoms. The van der Waals surface area contributed by atoms with E-state index in [1.807, 2.05) is 11.1 Å². The van der Waals surface area contributed by atoms with Crippen molar-refractivity contribution in [2.75, 3.05) is 6.61 Å². The van der Waals surface area contributed by atoms with E-state index >= 15 is 0 Å². The first-order chi connectivity index (χ1) is 14.8. The summed E-state index contributed by atoms with van der Waals surface area (Å²) in [5, 5.41) is 21.1. The average molecular weight is 443 g/mol. The Morgan fingerprint density at radius 2 is 1.44 bits per heavy atom. The van der Waals surface area contributed by atoms with Crippen molar-refractivity contribution in [2.45, 2.75) is 125 Å². The van der Waals surface area contributed by atoms with Crippen LogP contribution in [0, 0.1) is 44.3 Å². The Morgan fingerprint density at radius 1 is 0.750 bits per heavy atom. The van der Waals surface area contributed by atoms with Crippen molar-refractivity contribution in [1.29, 1.82) is 0 Å². The topological polar surface area (TPSA) is 40.5 Å². The summed E-state index contributed by atoms with van der Waals surface area (Å²) < 4.78 is 0. The maximum absolute atomic E-state index is 10.9. The summed E-state index contributed by atoms with van der Waals surface area (Å²) in [5.41, 5.74) is 5.13. The van der Waals surface area contributed by atoms with Crippen molar-refractivity contribution in [3.8, 4) is 0 Å². The van der Waals surface area contributed by atoms with Crippen LogP contribution < -0.4 is 0 Å². The number of hydrogen-bond acceptors (Lipinski definition) is 2. The minimum atomic E-state index is -0.152. The quantitative estimate of drug-likeness (QED) is 0.419. The highest BCUT2D eigenvalue weighted by Crippen LogP contribution is 2.75. The summed E-state index contributed by atoms with van der Waals surface area (Å²) in [5.74, 6) is 1.32. The SMILES string of the molecule is CC1(CO)CCC2(C)CCC3(C)C4=C(CCC3(C)C2C1)C1(C)CCC(O)C(C)(C)C1CC4. The predicted molar refractivity (Wildman–Crippen MR) is 132 cm³/mol. The summed E-state index contributed by atoms with van der Waals surface area (Å²) in [6, 6.07) is 0. The van der Waals surface area contributed by atoms with Gasteiger partial charge in [0.25, 0.3) is 0 Å². The lowest BCUT2D eigenvalue weighted by molar-refractivity contribution is -0.161. The Morgan fingerprint density at radius 3 is 2.12 bits per heavy atom. The zero-order valence-electron chi connectivity index (χ0n) is 22.1. The van der Waals surface area contributed by atoms with Crippen LogP contribution >= 0.6 is 0 Å². The van der Waals surface area contributed by atoms with E-state index in [0.717, 1.165) is 12.8 Å². The first-order valence-electron chi connectivity index (χ1n) is 13.8. The summed E-state index contributed by atoms with van der Waals surface area (Å²) in [6.07, 6.45) is 13.4. The van der Waals surface area contributed by atoms with E-state index in [2.05, 4.69) is 48.5 Å². The maximum atomic E-state index is 10.9. The van der Waals surface area contributed by atoms with Crippen LogP contribution in [0.3, 0.4) is 0 Å². The first-order valence-corrected chi connectivity index (χ1v) is 13.8. The van der Waals surface area contributed by atoms with E-state index in [-0.39, 0.29) is 22.3 Å². The van der Waals surface area contributed by atoms with Gasteiger partial charge in [0.05, 0.1) is 6.10 Å². The molecule has 0 aromatic rings. The molecule has 0 bridgehead atoms. The lowest BCUT2D eigenvalue weighted by atomic mass is 9.35. The highest BCUT2D eigenvalue weighted by atomic mass is 16.3. The van der Waals surface area contributed by atoms with Crippen LogP contribution in [0.5, 0.6) is 0 Å². The molecule has 0 aromatic heterocycles. The standard InChI is InChI=1S/C30H50O2/c1-25(2)22-9-8-21-20(28(22,5)12-11-24(25)32)10-13-30(7)23-18-26(3,19-31)14-15-27(23,4)16-17-29(21,30)6/h22-24,31-32H,8-19H2,1-7H3. The molecule has 0 spiro atoms. The zero-order chi connectivity index (χ0) is 23.4. The van der Waals surface area contributed by atoms with Gasteiger partial charge in [-0.2, -0.15) is 0 Å². The molecule has 0 aliphatic heterocycles. The van der Waals surface area contributed by atoms with Gasteiger partial charge in [-0.1, -0.05) is 59.6 Å². The molecule has 2 N–H and O–H groups in total. The molecule has 2 nitrogen and oxygen atoms in total. The lowest BCUT2D eigenvalue weighted by Crippen LogP contribution is -2.61. The van der Waals surface area contributed by atoms with Gasteiger partial charge in [0, 0.05) is 6.61 Å². The number of aliphatic hydroxyl groups is 2. The van der Waals surface area contributed by atoms with Crippen molar-refractivity contribution in [3.05, 3.63) is 11.1 Å². The molecule has 8 atom stereocenters. The molecular formula is C30H50O2. The van der Waals surface area contributed by atoms with Crippen LogP contribution in [-0.2, 0) is 0 Å². The molecule has 0 amide bonds. The molecule has 5 aliphatic carbocycles. The normalized spacial score (nSPS) is 54.8. The van der Waals surface area contributed by atoms with E-state index in [4.69, 9.17) is 0 Å². The van der Waals surface area contributed by atoms with Gasteiger partial charge in [0.15, 0.2) is 0 Å². The zero-order valence-corrected chi connectivity index (χ0v) is 22.1. The predicted octanol–water partition coefficient (Wildman–Crippen LogP) is 7.29. The molecule has 182 valence electrons. The van der Waals surface area contributed by atoms with Gasteiger partial charge in [-0.15, -0.1) is 0 Å². The molecule has 3 saturated carbocycles. The second-order valence-electron chi connectivity index (χ2n) is 15.0. The summed E-state index contributed by atoms with van der Waals surface area (Å²) in [6.45, 7) is 17.8. The summed E-state index contributed by atoms with van der Waals surface area (Å²) in [4.78, 5) is 0. The second-order valence-corrected chi connectivity index (χ2v) is 15.0. The van der Waals surface area contributed by atoms with Gasteiger partial charge >= 0.3 is 0 Å². The Labute approximate surface area is 197 Å². The third-order valence-electron chi connectivity index (χ3n) is 13.2. The van der Waals surface area contributed by atoms with E-state index < -0.39 is 0 Å². The van der Waals surface area contributed by atoms with Gasteiger partial charge in [-0.3, -0.25) is 0 Å². The van der Waals surface area contributed by atoms with Gasteiger partial charge in [0.2, 0.25) is 0 Å². The molecule has 5 rings (SSSR count). The smallest absolute Gasteiger partial charge is 0.0594 e. The molecule has 0 aromatic carbocycles. The van der Waals surface area contributed by atoms with Crippen LogP contribution in [0.2, 0.25) is 0 Å². The van der Waals surface area contributed by atoms with Crippen LogP contribution in [0.15, 0.2) is 11.1 Å². The number of rotatable bonds is 1. The Balaban J connectivity index is 1.58. The Bertz CT molecular complexity index is 827. The van der Waals surface area contributed by atoms with Crippen molar-refractivity contribution >= 4 is 0 Å². The third kappa shape index (κ3) is 2.78. The molecule has 0 heterocycles. The van der Waals surface area contributed by atoms with E-state index in [0.29, 0.717) is 34.7 Å². The second kappa shape index (κ2) is 6.87. The van der Waals surface area contributed by atoms with Crippen molar-refractivity contribution < 1.29 is 10.2 Å². The van der Waals surface area contributed by atoms with Gasteiger partial charge in [-0.25, -0.2) is 0 Å². The Kier molecular flexibility index (Phi) is 5.02. The molecule has 0 radical (unpaired) electrons. The minimum absolute atomic E-state index is 0.0185. The van der Waals surface area contributed by atoms with E-state index in [1.54, 1.807) is 0 Å². The van der Waals surface area contributed by atoms with E-state index in [9.17, 15) is 10.2 Å². The molecule has 3 fully saturated rings. The maximum Gasteiger partial charge on any atom is 0.0594 e. The fourth-order valence-corrected chi connectivity index (χ4v) is 10.5. The average Bonchev–Trinajstić information content (AvgIpc) is 2.74. The molecule has 0 saturated heterocycles. The van der Waals surface area contributed by atoms with E-state index in [1.165, 1.54) is 57.8 Å². The molecule has 5 aliphatic rings. The number of fused-ring (bicyclic) bond motifs is 6. The third-order valence-corrected chi connectivity index (χ3v) is 13.2. The number of hydrogen-bond donors (Lipinski definition) is 2.